The number of nitrogens with one attached hydrogen (secondary N) is 2. The highest BCUT2D eigenvalue weighted by Crippen LogP contribution is 2.33. The van der Waals surface area contributed by atoms with E-state index in [4.69, 9.17) is 9.84 Å². The van der Waals surface area contributed by atoms with Crippen LogP contribution in [0.1, 0.15) is 37.9 Å². The number of hydrogen-bond acceptors (Lipinski definition) is 9. The predicted octanol–water partition coefficient (Wildman–Crippen LogP) is 4.82. The average Bonchev–Trinajstić information content (AvgIpc) is 3.56. The van der Waals surface area contributed by atoms with Crippen LogP contribution in [-0.4, -0.2) is 61.2 Å². The molecular weight excluding hydrogens is 480 g/mol. The molecule has 3 N–H and O–H groups in total. The Labute approximate surface area is 222 Å². The van der Waals surface area contributed by atoms with Gasteiger partial charge in [0.05, 0.1) is 23.6 Å². The highest BCUT2D eigenvalue weighted by Gasteiger charge is 2.26. The molecule has 38 heavy (non-hydrogen) atoms. The van der Waals surface area contributed by atoms with Gasteiger partial charge in [0, 0.05) is 38.0 Å². The number of likely N-dealkylation sites (tertiary alicyclic amines) is 1. The van der Waals surface area contributed by atoms with Crippen LogP contribution in [0.2, 0.25) is 0 Å². The van der Waals surface area contributed by atoms with Crippen molar-refractivity contribution in [3.63, 3.8) is 0 Å². The van der Waals surface area contributed by atoms with Gasteiger partial charge in [-0.3, -0.25) is 9.89 Å². The standard InChI is InChI=1S/C25H26N8O.C3H8O/c1-16-11-17(5-8-22(16)34-18-6-7-21-19(12-18)29-15-32(21)2)30-24-23-20(27-14-28-24)13-26-25(31-23)33-9-3-4-10-33;1-3(2)4/h5-8,11-15,25,31H,3-4,9-10H2,1-2H3,(H,27,28,30);3-4H,1-2H3. The molecule has 0 bridgehead atoms. The molecule has 0 amide bonds. The molecule has 1 fully saturated rings. The number of anilines is 3. The second-order valence-corrected chi connectivity index (χ2v) is 9.83. The van der Waals surface area contributed by atoms with Crippen molar-refractivity contribution < 1.29 is 9.84 Å². The molecule has 2 aliphatic rings. The number of aliphatic imine (C=N–C) groups is 1. The van der Waals surface area contributed by atoms with Gasteiger partial charge >= 0.3 is 0 Å². The molecule has 2 aromatic heterocycles. The molecule has 0 saturated carbocycles. The van der Waals surface area contributed by atoms with E-state index in [0.717, 1.165) is 64.1 Å². The fourth-order valence-corrected chi connectivity index (χ4v) is 4.50. The third-order valence-electron chi connectivity index (χ3n) is 6.34. The highest BCUT2D eigenvalue weighted by molar-refractivity contribution is 5.92. The maximum Gasteiger partial charge on any atom is 0.176 e. The van der Waals surface area contributed by atoms with E-state index in [1.807, 2.05) is 55.1 Å². The number of aryl methyl sites for hydroxylation is 2. The van der Waals surface area contributed by atoms with Crippen molar-refractivity contribution in [2.45, 2.75) is 46.0 Å². The van der Waals surface area contributed by atoms with E-state index >= 15 is 0 Å². The minimum Gasteiger partial charge on any atom is -0.457 e. The van der Waals surface area contributed by atoms with Crippen LogP contribution in [0.3, 0.4) is 0 Å². The van der Waals surface area contributed by atoms with Crippen molar-refractivity contribution in [3.8, 4) is 11.5 Å². The van der Waals surface area contributed by atoms with E-state index in [0.29, 0.717) is 0 Å². The molecule has 0 aliphatic carbocycles. The maximum atomic E-state index is 8.06. The van der Waals surface area contributed by atoms with E-state index in [2.05, 4.69) is 41.5 Å². The minimum absolute atomic E-state index is 0.0736. The summed E-state index contributed by atoms with van der Waals surface area (Å²) < 4.78 is 8.15. The molecule has 198 valence electrons. The Kier molecular flexibility index (Phi) is 7.52. The van der Waals surface area contributed by atoms with Gasteiger partial charge < -0.3 is 25.0 Å². The number of imidazole rings is 1. The Morgan fingerprint density at radius 1 is 1.08 bits per heavy atom. The van der Waals surface area contributed by atoms with Gasteiger partial charge in [-0.25, -0.2) is 15.0 Å². The normalized spacial score (nSPS) is 16.6. The first-order valence-corrected chi connectivity index (χ1v) is 12.9. The number of ether oxygens (including phenoxy) is 1. The number of aliphatic hydroxyl groups excluding tert-OH is 1. The zero-order chi connectivity index (χ0) is 26.6. The van der Waals surface area contributed by atoms with Gasteiger partial charge in [-0.15, -0.1) is 0 Å². The number of rotatable bonds is 5. The molecule has 6 rings (SSSR count). The van der Waals surface area contributed by atoms with Gasteiger partial charge in [0.2, 0.25) is 0 Å². The van der Waals surface area contributed by atoms with Gasteiger partial charge in [-0.1, -0.05) is 0 Å². The van der Waals surface area contributed by atoms with Crippen LogP contribution in [0.5, 0.6) is 11.5 Å². The summed E-state index contributed by atoms with van der Waals surface area (Å²) in [5, 5.41) is 15.0. The fourth-order valence-electron chi connectivity index (χ4n) is 4.50. The first-order chi connectivity index (χ1) is 18.4. The number of hydrogen-bond donors (Lipinski definition) is 3. The predicted molar refractivity (Wildman–Crippen MR) is 150 cm³/mol. The van der Waals surface area contributed by atoms with Crippen molar-refractivity contribution in [2.24, 2.45) is 12.0 Å². The van der Waals surface area contributed by atoms with Crippen molar-refractivity contribution in [1.82, 2.24) is 24.4 Å². The maximum absolute atomic E-state index is 8.06. The zero-order valence-corrected chi connectivity index (χ0v) is 22.2. The molecule has 1 atom stereocenters. The number of nitrogens with zero attached hydrogens (tertiary/aromatic N) is 6. The second kappa shape index (κ2) is 11.2. The van der Waals surface area contributed by atoms with Crippen LogP contribution in [0.15, 0.2) is 54.0 Å². The van der Waals surface area contributed by atoms with Gasteiger partial charge in [-0.05, 0) is 69.5 Å². The molecule has 10 nitrogen and oxygen atoms in total. The Balaban J connectivity index is 0.000000689. The van der Waals surface area contributed by atoms with E-state index in [1.54, 1.807) is 26.5 Å². The summed E-state index contributed by atoms with van der Waals surface area (Å²) in [6, 6.07) is 12.0. The summed E-state index contributed by atoms with van der Waals surface area (Å²) in [7, 11) is 1.98. The fraction of sp³-hybridized carbons (Fsp3) is 0.357. The van der Waals surface area contributed by atoms with Crippen molar-refractivity contribution in [2.75, 3.05) is 23.7 Å². The molecular formula is C28H34N8O2. The van der Waals surface area contributed by atoms with Crippen LogP contribution >= 0.6 is 0 Å². The first-order valence-electron chi connectivity index (χ1n) is 12.9. The summed E-state index contributed by atoms with van der Waals surface area (Å²) in [6.45, 7) is 7.58. The summed E-state index contributed by atoms with van der Waals surface area (Å²) in [4.78, 5) is 20.3. The first kappa shape index (κ1) is 25.6. The molecule has 1 saturated heterocycles. The van der Waals surface area contributed by atoms with Gasteiger partial charge in [0.15, 0.2) is 12.1 Å². The molecule has 0 radical (unpaired) electrons. The van der Waals surface area contributed by atoms with E-state index in [1.165, 1.54) is 12.8 Å². The molecule has 4 aromatic rings. The smallest absolute Gasteiger partial charge is 0.176 e. The topological polar surface area (TPSA) is 113 Å². The van der Waals surface area contributed by atoms with Crippen LogP contribution in [-0.2, 0) is 7.05 Å². The van der Waals surface area contributed by atoms with Gasteiger partial charge in [-0.2, -0.15) is 0 Å². The Hall–Kier alpha value is -4.02. The lowest BCUT2D eigenvalue weighted by Crippen LogP contribution is -2.39. The summed E-state index contributed by atoms with van der Waals surface area (Å²) in [5.74, 6) is 2.29. The van der Waals surface area contributed by atoms with Crippen molar-refractivity contribution in [1.29, 1.82) is 0 Å². The van der Waals surface area contributed by atoms with E-state index < -0.39 is 0 Å². The quantitative estimate of drug-likeness (QED) is 0.348. The largest absolute Gasteiger partial charge is 0.457 e. The molecule has 4 heterocycles. The van der Waals surface area contributed by atoms with E-state index in [-0.39, 0.29) is 12.4 Å². The van der Waals surface area contributed by atoms with Gasteiger partial charge in [0.25, 0.3) is 0 Å². The lowest BCUT2D eigenvalue weighted by Gasteiger charge is -2.29. The monoisotopic (exact) mass is 514 g/mol. The molecule has 2 aliphatic heterocycles. The zero-order valence-electron chi connectivity index (χ0n) is 22.2. The average molecular weight is 515 g/mol. The Bertz CT molecular complexity index is 1440. The van der Waals surface area contributed by atoms with Crippen molar-refractivity contribution in [3.05, 3.63) is 60.3 Å². The third kappa shape index (κ3) is 5.76. The molecule has 10 heteroatoms. The third-order valence-corrected chi connectivity index (χ3v) is 6.34. The van der Waals surface area contributed by atoms with Crippen LogP contribution < -0.4 is 15.4 Å². The van der Waals surface area contributed by atoms with E-state index in [9.17, 15) is 0 Å². The number of aromatic nitrogens is 4. The van der Waals surface area contributed by atoms with Crippen LogP contribution in [0, 0.1) is 6.92 Å². The molecule has 2 aromatic carbocycles. The summed E-state index contributed by atoms with van der Waals surface area (Å²) >= 11 is 0. The lowest BCUT2D eigenvalue weighted by molar-refractivity contribution is 0.216. The minimum atomic E-state index is -0.167. The highest BCUT2D eigenvalue weighted by atomic mass is 16.5. The number of fused-ring (bicyclic) bond motifs is 2. The Morgan fingerprint density at radius 3 is 2.63 bits per heavy atom. The summed E-state index contributed by atoms with van der Waals surface area (Å²) in [5.41, 5.74) is 5.58. The summed E-state index contributed by atoms with van der Waals surface area (Å²) in [6.07, 6.45) is 7.38. The second-order valence-electron chi connectivity index (χ2n) is 9.83. The number of benzene rings is 2. The number of aliphatic hydroxyl groups is 1. The lowest BCUT2D eigenvalue weighted by atomic mass is 10.2. The SMILES string of the molecule is CC(C)O.Cc1cc(Nc2ncnc3c2NC(N2CCCC2)N=C3)ccc1Oc1ccc2c(c1)ncn2C. The molecule has 0 spiro atoms. The van der Waals surface area contributed by atoms with Crippen LogP contribution in [0.4, 0.5) is 17.2 Å². The molecule has 1 unspecified atom stereocenters. The van der Waals surface area contributed by atoms with Gasteiger partial charge in [0.1, 0.15) is 29.2 Å². The van der Waals surface area contributed by atoms with Crippen LogP contribution in [0.25, 0.3) is 11.0 Å². The van der Waals surface area contributed by atoms with Crippen molar-refractivity contribution >= 4 is 34.4 Å². The Morgan fingerprint density at radius 2 is 1.87 bits per heavy atom.